The SMILES string of the molecule is CNCc1cn[nH]c1S(=O)(=O)NC(C)C1CCOCC1. The number of aromatic nitrogens is 2. The number of sulfonamides is 1. The number of ether oxygens (including phenoxy) is 1. The van der Waals surface area contributed by atoms with Gasteiger partial charge in [-0.3, -0.25) is 5.10 Å². The van der Waals surface area contributed by atoms with Crippen molar-refractivity contribution in [1.29, 1.82) is 0 Å². The molecular formula is C12H22N4O3S. The van der Waals surface area contributed by atoms with Crippen LogP contribution in [0.15, 0.2) is 11.2 Å². The van der Waals surface area contributed by atoms with E-state index in [1.807, 2.05) is 6.92 Å². The van der Waals surface area contributed by atoms with E-state index in [4.69, 9.17) is 4.74 Å². The molecule has 1 aromatic rings. The Morgan fingerprint density at radius 3 is 2.85 bits per heavy atom. The van der Waals surface area contributed by atoms with Gasteiger partial charge in [-0.05, 0) is 32.7 Å². The van der Waals surface area contributed by atoms with Crippen LogP contribution in [0.3, 0.4) is 0 Å². The minimum Gasteiger partial charge on any atom is -0.381 e. The molecule has 114 valence electrons. The molecule has 0 amide bonds. The first-order chi connectivity index (χ1) is 9.54. The molecule has 8 heteroatoms. The normalized spacial score (nSPS) is 19.1. The number of nitrogens with one attached hydrogen (secondary N) is 3. The van der Waals surface area contributed by atoms with Gasteiger partial charge < -0.3 is 10.1 Å². The molecule has 0 saturated carbocycles. The zero-order valence-electron chi connectivity index (χ0n) is 11.8. The van der Waals surface area contributed by atoms with Crippen LogP contribution in [0.5, 0.6) is 0 Å². The number of H-pyrrole nitrogens is 1. The number of hydrogen-bond acceptors (Lipinski definition) is 5. The van der Waals surface area contributed by atoms with Crippen LogP contribution in [-0.2, 0) is 21.3 Å². The Morgan fingerprint density at radius 1 is 1.50 bits per heavy atom. The molecule has 1 saturated heterocycles. The quantitative estimate of drug-likeness (QED) is 0.699. The van der Waals surface area contributed by atoms with E-state index in [2.05, 4.69) is 20.2 Å². The Labute approximate surface area is 119 Å². The van der Waals surface area contributed by atoms with Crippen molar-refractivity contribution < 1.29 is 13.2 Å². The summed E-state index contributed by atoms with van der Waals surface area (Å²) in [5.41, 5.74) is 0.638. The van der Waals surface area contributed by atoms with Gasteiger partial charge >= 0.3 is 0 Å². The van der Waals surface area contributed by atoms with E-state index in [9.17, 15) is 8.42 Å². The standard InChI is InChI=1S/C12H22N4O3S/c1-9(10-3-5-19-6-4-10)16-20(17,18)12-11(7-13-2)8-14-15-12/h8-10,13,16H,3-7H2,1-2H3,(H,14,15). The summed E-state index contributed by atoms with van der Waals surface area (Å²) in [6, 6.07) is -0.116. The van der Waals surface area contributed by atoms with Gasteiger partial charge in [-0.25, -0.2) is 13.1 Å². The van der Waals surface area contributed by atoms with Crippen LogP contribution in [0, 0.1) is 5.92 Å². The number of rotatable bonds is 6. The van der Waals surface area contributed by atoms with Gasteiger partial charge in [0.15, 0.2) is 5.03 Å². The second-order valence-corrected chi connectivity index (χ2v) is 6.77. The maximum absolute atomic E-state index is 12.4. The lowest BCUT2D eigenvalue weighted by Crippen LogP contribution is -2.40. The average Bonchev–Trinajstić information content (AvgIpc) is 2.89. The highest BCUT2D eigenvalue weighted by Crippen LogP contribution is 2.20. The highest BCUT2D eigenvalue weighted by molar-refractivity contribution is 7.89. The zero-order valence-corrected chi connectivity index (χ0v) is 12.7. The van der Waals surface area contributed by atoms with E-state index in [1.165, 1.54) is 6.20 Å². The molecule has 1 atom stereocenters. The summed E-state index contributed by atoms with van der Waals surface area (Å²) in [7, 11) is -1.80. The third kappa shape index (κ3) is 3.57. The maximum atomic E-state index is 12.4. The summed E-state index contributed by atoms with van der Waals surface area (Å²) in [4.78, 5) is 0. The van der Waals surface area contributed by atoms with E-state index in [1.54, 1.807) is 7.05 Å². The van der Waals surface area contributed by atoms with Crippen molar-refractivity contribution >= 4 is 10.0 Å². The van der Waals surface area contributed by atoms with Crippen LogP contribution in [0.1, 0.15) is 25.3 Å². The van der Waals surface area contributed by atoms with Gasteiger partial charge in [0.05, 0.1) is 6.20 Å². The fraction of sp³-hybridized carbons (Fsp3) is 0.750. The van der Waals surface area contributed by atoms with Gasteiger partial charge in [0, 0.05) is 31.4 Å². The molecule has 2 heterocycles. The summed E-state index contributed by atoms with van der Waals surface area (Å²) < 4.78 is 32.8. The highest BCUT2D eigenvalue weighted by atomic mass is 32.2. The Hall–Kier alpha value is -0.960. The van der Waals surface area contributed by atoms with Crippen LogP contribution in [0.2, 0.25) is 0 Å². The minimum atomic E-state index is -3.57. The summed E-state index contributed by atoms with van der Waals surface area (Å²) in [6.45, 7) is 3.76. The first-order valence-corrected chi connectivity index (χ1v) is 8.30. The molecule has 7 nitrogen and oxygen atoms in total. The third-order valence-corrected chi connectivity index (χ3v) is 5.20. The largest absolute Gasteiger partial charge is 0.381 e. The Balaban J connectivity index is 2.07. The molecule has 0 aliphatic carbocycles. The van der Waals surface area contributed by atoms with Crippen molar-refractivity contribution in [3.8, 4) is 0 Å². The Bertz CT molecular complexity index is 523. The first-order valence-electron chi connectivity index (χ1n) is 6.81. The smallest absolute Gasteiger partial charge is 0.258 e. The van der Waals surface area contributed by atoms with E-state index in [0.717, 1.165) is 12.8 Å². The molecule has 1 aliphatic heterocycles. The van der Waals surface area contributed by atoms with Crippen molar-refractivity contribution in [3.05, 3.63) is 11.8 Å². The Kier molecular flexibility index (Phi) is 5.14. The van der Waals surface area contributed by atoms with Gasteiger partial charge in [0.1, 0.15) is 0 Å². The van der Waals surface area contributed by atoms with Gasteiger partial charge in [0.2, 0.25) is 0 Å². The molecule has 0 bridgehead atoms. The molecule has 20 heavy (non-hydrogen) atoms. The van der Waals surface area contributed by atoms with E-state index >= 15 is 0 Å². The molecule has 0 spiro atoms. The zero-order chi connectivity index (χ0) is 14.6. The van der Waals surface area contributed by atoms with E-state index < -0.39 is 10.0 Å². The molecule has 1 unspecified atom stereocenters. The van der Waals surface area contributed by atoms with E-state index in [-0.39, 0.29) is 11.1 Å². The average molecular weight is 302 g/mol. The summed E-state index contributed by atoms with van der Waals surface area (Å²) in [5, 5.41) is 9.47. The van der Waals surface area contributed by atoms with Crippen LogP contribution < -0.4 is 10.0 Å². The van der Waals surface area contributed by atoms with Crippen molar-refractivity contribution in [2.24, 2.45) is 5.92 Å². The molecule has 2 rings (SSSR count). The second kappa shape index (κ2) is 6.66. The minimum absolute atomic E-state index is 0.116. The number of aromatic amines is 1. The van der Waals surface area contributed by atoms with E-state index in [0.29, 0.717) is 31.2 Å². The third-order valence-electron chi connectivity index (χ3n) is 3.63. The lowest BCUT2D eigenvalue weighted by atomic mass is 9.94. The van der Waals surface area contributed by atoms with Crippen molar-refractivity contribution in [2.45, 2.75) is 37.4 Å². The first kappa shape index (κ1) is 15.4. The van der Waals surface area contributed by atoms with Gasteiger partial charge in [-0.2, -0.15) is 5.10 Å². The number of hydrogen-bond donors (Lipinski definition) is 3. The fourth-order valence-electron chi connectivity index (χ4n) is 2.46. The molecule has 1 fully saturated rings. The van der Waals surface area contributed by atoms with Crippen LogP contribution >= 0.6 is 0 Å². The highest BCUT2D eigenvalue weighted by Gasteiger charge is 2.27. The van der Waals surface area contributed by atoms with Crippen molar-refractivity contribution in [2.75, 3.05) is 20.3 Å². The van der Waals surface area contributed by atoms with Crippen LogP contribution in [0.25, 0.3) is 0 Å². The fourth-order valence-corrected chi connectivity index (χ4v) is 3.91. The predicted octanol–water partition coefficient (Wildman–Crippen LogP) is 0.223. The topological polar surface area (TPSA) is 96.1 Å². The maximum Gasteiger partial charge on any atom is 0.258 e. The van der Waals surface area contributed by atoms with Gasteiger partial charge in [0.25, 0.3) is 10.0 Å². The second-order valence-electron chi connectivity index (χ2n) is 5.11. The molecule has 1 aromatic heterocycles. The lowest BCUT2D eigenvalue weighted by Gasteiger charge is -2.28. The van der Waals surface area contributed by atoms with Crippen molar-refractivity contribution in [3.63, 3.8) is 0 Å². The summed E-state index contributed by atoms with van der Waals surface area (Å²) >= 11 is 0. The van der Waals surface area contributed by atoms with Crippen LogP contribution in [-0.4, -0.2) is 44.9 Å². The summed E-state index contributed by atoms with van der Waals surface area (Å²) in [5.74, 6) is 0.314. The van der Waals surface area contributed by atoms with Gasteiger partial charge in [-0.1, -0.05) is 0 Å². The van der Waals surface area contributed by atoms with Crippen LogP contribution in [0.4, 0.5) is 0 Å². The molecular weight excluding hydrogens is 280 g/mol. The Morgan fingerprint density at radius 2 is 2.20 bits per heavy atom. The molecule has 3 N–H and O–H groups in total. The molecule has 0 aromatic carbocycles. The molecule has 0 radical (unpaired) electrons. The van der Waals surface area contributed by atoms with Gasteiger partial charge in [-0.15, -0.1) is 0 Å². The molecule has 1 aliphatic rings. The number of nitrogens with zero attached hydrogens (tertiary/aromatic N) is 1. The predicted molar refractivity (Wildman–Crippen MR) is 74.7 cm³/mol. The monoisotopic (exact) mass is 302 g/mol. The summed E-state index contributed by atoms with van der Waals surface area (Å²) in [6.07, 6.45) is 3.30. The lowest BCUT2D eigenvalue weighted by molar-refractivity contribution is 0.0585. The van der Waals surface area contributed by atoms with Crippen molar-refractivity contribution in [1.82, 2.24) is 20.2 Å².